The lowest BCUT2D eigenvalue weighted by atomic mass is 10.3. The first-order valence-electron chi connectivity index (χ1n) is 4.85. The van der Waals surface area contributed by atoms with Gasteiger partial charge in [-0.1, -0.05) is 13.8 Å². The lowest BCUT2D eigenvalue weighted by molar-refractivity contribution is 0.515. The van der Waals surface area contributed by atoms with Crippen molar-refractivity contribution in [2.75, 3.05) is 0 Å². The first kappa shape index (κ1) is 10.2. The molecule has 1 aromatic heterocycles. The Hall–Kier alpha value is -0.900. The van der Waals surface area contributed by atoms with Crippen LogP contribution in [0.4, 0.5) is 0 Å². The molecule has 0 spiro atoms. The summed E-state index contributed by atoms with van der Waals surface area (Å²) in [5.74, 6) is 1.95. The zero-order valence-electron chi connectivity index (χ0n) is 8.62. The number of nitrogens with two attached hydrogens (primary N) is 1. The van der Waals surface area contributed by atoms with E-state index < -0.39 is 0 Å². The summed E-state index contributed by atoms with van der Waals surface area (Å²) in [7, 11) is 0. The van der Waals surface area contributed by atoms with Gasteiger partial charge < -0.3 is 5.73 Å². The van der Waals surface area contributed by atoms with Gasteiger partial charge >= 0.3 is 0 Å². The topological polar surface area (TPSA) is 56.7 Å². The van der Waals surface area contributed by atoms with Gasteiger partial charge in [0, 0.05) is 18.9 Å². The second kappa shape index (κ2) is 4.37. The van der Waals surface area contributed by atoms with E-state index in [9.17, 15) is 0 Å². The Morgan fingerprint density at radius 3 is 2.54 bits per heavy atom. The summed E-state index contributed by atoms with van der Waals surface area (Å²) in [6, 6.07) is 0.136. The molecule has 1 aromatic rings. The van der Waals surface area contributed by atoms with E-state index >= 15 is 0 Å². The van der Waals surface area contributed by atoms with Crippen molar-refractivity contribution < 1.29 is 0 Å². The van der Waals surface area contributed by atoms with E-state index in [0.717, 1.165) is 31.0 Å². The van der Waals surface area contributed by atoms with E-state index in [1.54, 1.807) is 0 Å². The van der Waals surface area contributed by atoms with Crippen LogP contribution in [0.5, 0.6) is 0 Å². The van der Waals surface area contributed by atoms with Crippen molar-refractivity contribution in [3.63, 3.8) is 0 Å². The van der Waals surface area contributed by atoms with Crippen molar-refractivity contribution in [3.05, 3.63) is 11.6 Å². The summed E-state index contributed by atoms with van der Waals surface area (Å²) in [4.78, 5) is 4.40. The normalized spacial score (nSPS) is 13.2. The van der Waals surface area contributed by atoms with E-state index in [1.165, 1.54) is 0 Å². The zero-order valence-corrected chi connectivity index (χ0v) is 8.62. The molecule has 74 valence electrons. The Labute approximate surface area is 79.2 Å². The van der Waals surface area contributed by atoms with Crippen LogP contribution >= 0.6 is 0 Å². The molecule has 13 heavy (non-hydrogen) atoms. The molecule has 4 heteroatoms. The molecule has 0 aliphatic heterocycles. The standard InChI is InChI=1S/C9H18N4/c1-4-8-11-9(5-2)13(12-8)6-7(3)10/h7H,4-6,10H2,1-3H3/t7-/m0/s1. The van der Waals surface area contributed by atoms with Crippen LogP contribution in [0.3, 0.4) is 0 Å². The molecule has 0 saturated heterocycles. The Kier molecular flexibility index (Phi) is 3.42. The fourth-order valence-corrected chi connectivity index (χ4v) is 1.26. The van der Waals surface area contributed by atoms with Crippen molar-refractivity contribution in [3.8, 4) is 0 Å². The predicted octanol–water partition coefficient (Wildman–Crippen LogP) is 0.750. The van der Waals surface area contributed by atoms with Gasteiger partial charge in [-0.2, -0.15) is 5.10 Å². The first-order valence-corrected chi connectivity index (χ1v) is 4.85. The highest BCUT2D eigenvalue weighted by atomic mass is 15.3. The molecular formula is C9H18N4. The van der Waals surface area contributed by atoms with Crippen molar-refractivity contribution >= 4 is 0 Å². The molecule has 4 nitrogen and oxygen atoms in total. The first-order chi connectivity index (χ1) is 6.17. The van der Waals surface area contributed by atoms with Gasteiger partial charge in [0.15, 0.2) is 5.82 Å². The summed E-state index contributed by atoms with van der Waals surface area (Å²) in [6.07, 6.45) is 1.80. The van der Waals surface area contributed by atoms with Crippen LogP contribution in [0.25, 0.3) is 0 Å². The molecule has 0 radical (unpaired) electrons. The molecule has 1 heterocycles. The van der Waals surface area contributed by atoms with Gasteiger partial charge in [-0.3, -0.25) is 0 Å². The highest BCUT2D eigenvalue weighted by Crippen LogP contribution is 2.01. The lowest BCUT2D eigenvalue weighted by Gasteiger charge is -2.06. The fraction of sp³-hybridized carbons (Fsp3) is 0.778. The highest BCUT2D eigenvalue weighted by Gasteiger charge is 2.07. The number of rotatable bonds is 4. The molecule has 1 rings (SSSR count). The Morgan fingerprint density at radius 1 is 1.38 bits per heavy atom. The van der Waals surface area contributed by atoms with Gasteiger partial charge in [-0.25, -0.2) is 9.67 Å². The predicted molar refractivity (Wildman–Crippen MR) is 52.4 cm³/mol. The summed E-state index contributed by atoms with van der Waals surface area (Å²) < 4.78 is 1.92. The van der Waals surface area contributed by atoms with Crippen molar-refractivity contribution in [1.82, 2.24) is 14.8 Å². The fourth-order valence-electron chi connectivity index (χ4n) is 1.26. The second-order valence-electron chi connectivity index (χ2n) is 3.31. The van der Waals surface area contributed by atoms with Crippen LogP contribution in [0.15, 0.2) is 0 Å². The van der Waals surface area contributed by atoms with E-state index in [-0.39, 0.29) is 6.04 Å². The van der Waals surface area contributed by atoms with E-state index in [0.29, 0.717) is 0 Å². The third-order valence-electron chi connectivity index (χ3n) is 1.89. The molecule has 0 unspecified atom stereocenters. The molecule has 0 amide bonds. The van der Waals surface area contributed by atoms with E-state index in [2.05, 4.69) is 23.9 Å². The molecule has 0 aliphatic rings. The van der Waals surface area contributed by atoms with Crippen LogP contribution in [0.2, 0.25) is 0 Å². The maximum absolute atomic E-state index is 5.71. The molecule has 0 fully saturated rings. The second-order valence-corrected chi connectivity index (χ2v) is 3.31. The lowest BCUT2D eigenvalue weighted by Crippen LogP contribution is -2.24. The number of hydrogen-bond acceptors (Lipinski definition) is 3. The average molecular weight is 182 g/mol. The molecule has 0 bridgehead atoms. The van der Waals surface area contributed by atoms with Crippen LogP contribution in [-0.2, 0) is 19.4 Å². The van der Waals surface area contributed by atoms with Crippen LogP contribution < -0.4 is 5.73 Å². The number of aryl methyl sites for hydroxylation is 2. The number of aromatic nitrogens is 3. The Morgan fingerprint density at radius 2 is 2.08 bits per heavy atom. The van der Waals surface area contributed by atoms with Crippen LogP contribution in [-0.4, -0.2) is 20.8 Å². The number of nitrogens with zero attached hydrogens (tertiary/aromatic N) is 3. The Balaban J connectivity index is 2.84. The van der Waals surface area contributed by atoms with Crippen LogP contribution in [0, 0.1) is 0 Å². The maximum atomic E-state index is 5.71. The highest BCUT2D eigenvalue weighted by molar-refractivity contribution is 4.92. The van der Waals surface area contributed by atoms with Gasteiger partial charge in [0.25, 0.3) is 0 Å². The third kappa shape index (κ3) is 2.52. The number of hydrogen-bond donors (Lipinski definition) is 1. The van der Waals surface area contributed by atoms with Crippen molar-refractivity contribution in [2.45, 2.75) is 46.2 Å². The monoisotopic (exact) mass is 182 g/mol. The van der Waals surface area contributed by atoms with E-state index in [4.69, 9.17) is 5.73 Å². The molecule has 0 saturated carbocycles. The quantitative estimate of drug-likeness (QED) is 0.747. The van der Waals surface area contributed by atoms with Gasteiger partial charge in [0.1, 0.15) is 5.82 Å². The molecule has 1 atom stereocenters. The SMILES string of the molecule is CCc1nc(CC)n(C[C@H](C)N)n1. The maximum Gasteiger partial charge on any atom is 0.150 e. The van der Waals surface area contributed by atoms with Crippen LogP contribution in [0.1, 0.15) is 32.4 Å². The summed E-state index contributed by atoms with van der Waals surface area (Å²) in [6.45, 7) is 6.88. The minimum absolute atomic E-state index is 0.136. The molecular weight excluding hydrogens is 164 g/mol. The van der Waals surface area contributed by atoms with Gasteiger partial charge in [0.2, 0.25) is 0 Å². The van der Waals surface area contributed by atoms with Crippen molar-refractivity contribution in [1.29, 1.82) is 0 Å². The zero-order chi connectivity index (χ0) is 9.84. The minimum Gasteiger partial charge on any atom is -0.326 e. The molecule has 2 N–H and O–H groups in total. The third-order valence-corrected chi connectivity index (χ3v) is 1.89. The van der Waals surface area contributed by atoms with Gasteiger partial charge in [-0.15, -0.1) is 0 Å². The van der Waals surface area contributed by atoms with Gasteiger partial charge in [0.05, 0.1) is 6.54 Å². The largest absolute Gasteiger partial charge is 0.326 e. The summed E-state index contributed by atoms with van der Waals surface area (Å²) >= 11 is 0. The molecule has 0 aromatic carbocycles. The summed E-state index contributed by atoms with van der Waals surface area (Å²) in [5.41, 5.74) is 5.71. The van der Waals surface area contributed by atoms with Crippen molar-refractivity contribution in [2.24, 2.45) is 5.73 Å². The van der Waals surface area contributed by atoms with E-state index in [1.807, 2.05) is 11.6 Å². The Bertz CT molecular complexity index is 265. The molecule has 0 aliphatic carbocycles. The van der Waals surface area contributed by atoms with Gasteiger partial charge in [-0.05, 0) is 6.92 Å². The smallest absolute Gasteiger partial charge is 0.150 e. The summed E-state index contributed by atoms with van der Waals surface area (Å²) in [5, 5.41) is 4.37. The average Bonchev–Trinajstić information content (AvgIpc) is 2.46. The minimum atomic E-state index is 0.136.